The lowest BCUT2D eigenvalue weighted by molar-refractivity contribution is 0.299. The van der Waals surface area contributed by atoms with Crippen molar-refractivity contribution in [3.63, 3.8) is 0 Å². The number of rotatable bonds is 4. The van der Waals surface area contributed by atoms with Crippen molar-refractivity contribution >= 4 is 0 Å². The van der Waals surface area contributed by atoms with Crippen LogP contribution < -0.4 is 5.32 Å². The first-order chi connectivity index (χ1) is 7.25. The molecule has 80 valence electrons. The van der Waals surface area contributed by atoms with Gasteiger partial charge in [0.25, 0.3) is 0 Å². The molecule has 0 unspecified atom stereocenters. The van der Waals surface area contributed by atoms with Gasteiger partial charge in [-0.25, -0.2) is 4.63 Å². The fourth-order valence-electron chi connectivity index (χ4n) is 1.11. The highest BCUT2D eigenvalue weighted by molar-refractivity contribution is 5.03. The SMILES string of the molecule is Cc1noc(CNCc2nonc2C)n1. The Kier molecular flexibility index (Phi) is 2.72. The van der Waals surface area contributed by atoms with Crippen LogP contribution >= 0.6 is 0 Å². The molecular formula is C8H11N5O2. The fourth-order valence-corrected chi connectivity index (χ4v) is 1.11. The predicted molar refractivity (Wildman–Crippen MR) is 48.6 cm³/mol. The summed E-state index contributed by atoms with van der Waals surface area (Å²) in [6.45, 7) is 4.69. The standard InChI is InChI=1S/C8H11N5O2/c1-5-7(13-15-11-5)3-9-4-8-10-6(2)12-14-8/h9H,3-4H2,1-2H3. The van der Waals surface area contributed by atoms with E-state index in [1.807, 2.05) is 6.92 Å². The molecule has 0 aliphatic heterocycles. The second-order valence-electron chi connectivity index (χ2n) is 3.14. The van der Waals surface area contributed by atoms with E-state index >= 15 is 0 Å². The zero-order valence-corrected chi connectivity index (χ0v) is 8.52. The van der Waals surface area contributed by atoms with E-state index in [4.69, 9.17) is 4.52 Å². The number of nitrogens with one attached hydrogen (secondary N) is 1. The molecule has 15 heavy (non-hydrogen) atoms. The van der Waals surface area contributed by atoms with Crippen LogP contribution in [0.4, 0.5) is 0 Å². The van der Waals surface area contributed by atoms with Crippen molar-refractivity contribution in [2.45, 2.75) is 26.9 Å². The van der Waals surface area contributed by atoms with E-state index in [1.54, 1.807) is 6.92 Å². The second kappa shape index (κ2) is 4.18. The highest BCUT2D eigenvalue weighted by atomic mass is 16.6. The molecule has 0 atom stereocenters. The molecule has 2 rings (SSSR count). The molecule has 0 spiro atoms. The molecule has 7 heteroatoms. The maximum Gasteiger partial charge on any atom is 0.240 e. The van der Waals surface area contributed by atoms with Crippen LogP contribution in [0.3, 0.4) is 0 Å². The van der Waals surface area contributed by atoms with E-state index in [-0.39, 0.29) is 0 Å². The number of hydrogen-bond acceptors (Lipinski definition) is 7. The number of hydrogen-bond donors (Lipinski definition) is 1. The summed E-state index contributed by atoms with van der Waals surface area (Å²) < 4.78 is 9.49. The Bertz CT molecular complexity index is 436. The third-order valence-electron chi connectivity index (χ3n) is 1.88. The summed E-state index contributed by atoms with van der Waals surface area (Å²) in [6.07, 6.45) is 0. The van der Waals surface area contributed by atoms with Crippen LogP contribution in [-0.4, -0.2) is 20.5 Å². The Hall–Kier alpha value is -1.76. The fraction of sp³-hybridized carbons (Fsp3) is 0.500. The maximum absolute atomic E-state index is 4.93. The molecule has 0 aromatic carbocycles. The van der Waals surface area contributed by atoms with Crippen LogP contribution in [0.1, 0.15) is 23.1 Å². The van der Waals surface area contributed by atoms with Crippen LogP contribution in [0.5, 0.6) is 0 Å². The zero-order chi connectivity index (χ0) is 10.7. The van der Waals surface area contributed by atoms with Gasteiger partial charge in [0, 0.05) is 6.54 Å². The van der Waals surface area contributed by atoms with Gasteiger partial charge in [-0.3, -0.25) is 0 Å². The van der Waals surface area contributed by atoms with Crippen LogP contribution in [0.15, 0.2) is 9.15 Å². The summed E-state index contributed by atoms with van der Waals surface area (Å²) >= 11 is 0. The minimum Gasteiger partial charge on any atom is -0.338 e. The summed E-state index contributed by atoms with van der Waals surface area (Å²) in [6, 6.07) is 0. The molecule has 0 bridgehead atoms. The van der Waals surface area contributed by atoms with Crippen LogP contribution in [0.2, 0.25) is 0 Å². The van der Waals surface area contributed by atoms with Crippen molar-refractivity contribution in [2.75, 3.05) is 0 Å². The zero-order valence-electron chi connectivity index (χ0n) is 8.52. The Morgan fingerprint density at radius 1 is 1.13 bits per heavy atom. The Morgan fingerprint density at radius 2 is 2.00 bits per heavy atom. The van der Waals surface area contributed by atoms with Crippen molar-refractivity contribution in [1.29, 1.82) is 0 Å². The van der Waals surface area contributed by atoms with Gasteiger partial charge in [-0.05, 0) is 13.8 Å². The van der Waals surface area contributed by atoms with Crippen LogP contribution in [0, 0.1) is 13.8 Å². The smallest absolute Gasteiger partial charge is 0.240 e. The molecule has 0 saturated carbocycles. The molecule has 0 fully saturated rings. The first kappa shape index (κ1) is 9.78. The average molecular weight is 209 g/mol. The summed E-state index contributed by atoms with van der Waals surface area (Å²) in [5.41, 5.74) is 1.57. The van der Waals surface area contributed by atoms with Gasteiger partial charge in [0.2, 0.25) is 5.89 Å². The maximum atomic E-state index is 4.93. The number of aromatic nitrogens is 4. The first-order valence-corrected chi connectivity index (χ1v) is 4.53. The van der Waals surface area contributed by atoms with Gasteiger partial charge in [-0.15, -0.1) is 0 Å². The molecule has 0 aliphatic carbocycles. The molecule has 2 aromatic rings. The van der Waals surface area contributed by atoms with Crippen molar-refractivity contribution < 1.29 is 9.15 Å². The average Bonchev–Trinajstić information content (AvgIpc) is 2.77. The number of aryl methyl sites for hydroxylation is 2. The Morgan fingerprint density at radius 3 is 2.60 bits per heavy atom. The summed E-state index contributed by atoms with van der Waals surface area (Å²) in [5.74, 6) is 1.19. The molecule has 0 aliphatic rings. The summed E-state index contributed by atoms with van der Waals surface area (Å²) in [5, 5.41) is 14.2. The lowest BCUT2D eigenvalue weighted by Gasteiger charge is -1.96. The Labute approximate surface area is 85.8 Å². The van der Waals surface area contributed by atoms with Gasteiger partial charge in [-0.2, -0.15) is 4.98 Å². The largest absolute Gasteiger partial charge is 0.338 e. The Balaban J connectivity index is 1.83. The molecule has 0 saturated heterocycles. The van der Waals surface area contributed by atoms with Gasteiger partial charge in [0.15, 0.2) is 5.82 Å². The van der Waals surface area contributed by atoms with Gasteiger partial charge >= 0.3 is 0 Å². The third kappa shape index (κ3) is 2.38. The summed E-state index contributed by atoms with van der Waals surface area (Å²) in [4.78, 5) is 4.05. The highest BCUT2D eigenvalue weighted by Gasteiger charge is 2.06. The van der Waals surface area contributed by atoms with Crippen LogP contribution in [0.25, 0.3) is 0 Å². The topological polar surface area (TPSA) is 89.9 Å². The third-order valence-corrected chi connectivity index (χ3v) is 1.88. The van der Waals surface area contributed by atoms with E-state index in [2.05, 4.69) is 30.4 Å². The van der Waals surface area contributed by atoms with Gasteiger partial charge in [0.05, 0.1) is 6.54 Å². The van der Waals surface area contributed by atoms with Crippen molar-refractivity contribution in [1.82, 2.24) is 25.8 Å². The number of nitrogens with zero attached hydrogens (tertiary/aromatic N) is 4. The van der Waals surface area contributed by atoms with E-state index in [0.29, 0.717) is 24.8 Å². The lowest BCUT2D eigenvalue weighted by atomic mass is 10.3. The molecule has 2 heterocycles. The molecule has 0 radical (unpaired) electrons. The van der Waals surface area contributed by atoms with Gasteiger partial charge in [0.1, 0.15) is 11.4 Å². The van der Waals surface area contributed by atoms with E-state index in [9.17, 15) is 0 Å². The van der Waals surface area contributed by atoms with Crippen LogP contribution in [-0.2, 0) is 13.1 Å². The lowest BCUT2D eigenvalue weighted by Crippen LogP contribution is -2.13. The van der Waals surface area contributed by atoms with Crippen molar-refractivity contribution in [3.8, 4) is 0 Å². The minimum absolute atomic E-state index is 0.507. The molecule has 0 amide bonds. The van der Waals surface area contributed by atoms with Gasteiger partial charge in [-0.1, -0.05) is 15.5 Å². The van der Waals surface area contributed by atoms with E-state index in [0.717, 1.165) is 11.4 Å². The molecule has 1 N–H and O–H groups in total. The summed E-state index contributed by atoms with van der Waals surface area (Å²) in [7, 11) is 0. The quantitative estimate of drug-likeness (QED) is 0.777. The molecule has 2 aromatic heterocycles. The minimum atomic E-state index is 0.507. The monoisotopic (exact) mass is 209 g/mol. The van der Waals surface area contributed by atoms with E-state index < -0.39 is 0 Å². The van der Waals surface area contributed by atoms with Crippen molar-refractivity contribution in [2.24, 2.45) is 0 Å². The molecule has 7 nitrogen and oxygen atoms in total. The predicted octanol–water partition coefficient (Wildman–Crippen LogP) is 0.359. The van der Waals surface area contributed by atoms with Gasteiger partial charge < -0.3 is 9.84 Å². The normalized spacial score (nSPS) is 10.8. The van der Waals surface area contributed by atoms with E-state index in [1.165, 1.54) is 0 Å². The second-order valence-corrected chi connectivity index (χ2v) is 3.14. The highest BCUT2D eigenvalue weighted by Crippen LogP contribution is 2.00. The van der Waals surface area contributed by atoms with Crippen molar-refractivity contribution in [3.05, 3.63) is 23.1 Å². The molecular weight excluding hydrogens is 198 g/mol. The first-order valence-electron chi connectivity index (χ1n) is 4.53.